The molecule has 2 atom stereocenters. The quantitative estimate of drug-likeness (QED) is 0.892. The Kier molecular flexibility index (Phi) is 5.20. The Hall–Kier alpha value is -1.59. The van der Waals surface area contributed by atoms with Crippen LogP contribution < -0.4 is 10.6 Å². The number of carbonyl (C=O) groups excluding carboxylic acids is 1. The number of benzene rings is 1. The third kappa shape index (κ3) is 5.36. The van der Waals surface area contributed by atoms with Crippen LogP contribution in [0.25, 0.3) is 0 Å². The van der Waals surface area contributed by atoms with Crippen LogP contribution in [-0.2, 0) is 16.1 Å². The summed E-state index contributed by atoms with van der Waals surface area (Å²) in [5.74, 6) is 0. The molecule has 1 aliphatic heterocycles. The summed E-state index contributed by atoms with van der Waals surface area (Å²) in [6.07, 6.45) is -0.440. The van der Waals surface area contributed by atoms with Gasteiger partial charge >= 0.3 is 6.09 Å². The van der Waals surface area contributed by atoms with Gasteiger partial charge in [-0.1, -0.05) is 30.3 Å². The molecule has 1 fully saturated rings. The van der Waals surface area contributed by atoms with Crippen molar-refractivity contribution in [2.45, 2.75) is 45.1 Å². The van der Waals surface area contributed by atoms with E-state index in [2.05, 4.69) is 10.6 Å². The molecule has 2 N–H and O–H groups in total. The number of rotatable bonds is 4. The molecule has 1 aliphatic rings. The van der Waals surface area contributed by atoms with Crippen LogP contribution in [0.5, 0.6) is 0 Å². The zero-order valence-corrected chi connectivity index (χ0v) is 12.9. The zero-order valence-electron chi connectivity index (χ0n) is 12.9. The number of hydrogen-bond donors (Lipinski definition) is 2. The van der Waals surface area contributed by atoms with Gasteiger partial charge in [0.25, 0.3) is 0 Å². The first-order chi connectivity index (χ1) is 9.94. The maximum Gasteiger partial charge on any atom is 0.407 e. The summed E-state index contributed by atoms with van der Waals surface area (Å²) < 4.78 is 11.2. The Morgan fingerprint density at radius 1 is 1.29 bits per heavy atom. The minimum Gasteiger partial charge on any atom is -0.445 e. The molecule has 1 heterocycles. The SMILES string of the molecule is CC(C)(C)O[C@@H]1CNC[C@H]1NC(=O)OCc1ccccc1. The highest BCUT2D eigenvalue weighted by molar-refractivity contribution is 5.67. The third-order valence-electron chi connectivity index (χ3n) is 3.18. The fourth-order valence-electron chi connectivity index (χ4n) is 2.29. The third-order valence-corrected chi connectivity index (χ3v) is 3.18. The Morgan fingerprint density at radius 2 is 2.00 bits per heavy atom. The monoisotopic (exact) mass is 292 g/mol. The molecule has 0 aromatic heterocycles. The summed E-state index contributed by atoms with van der Waals surface area (Å²) in [5.41, 5.74) is 0.740. The van der Waals surface area contributed by atoms with E-state index in [9.17, 15) is 4.79 Å². The second-order valence-electron chi connectivity index (χ2n) is 6.24. The van der Waals surface area contributed by atoms with Gasteiger partial charge in [-0.05, 0) is 26.3 Å². The van der Waals surface area contributed by atoms with Crippen molar-refractivity contribution in [2.75, 3.05) is 13.1 Å². The van der Waals surface area contributed by atoms with Crippen LogP contribution >= 0.6 is 0 Å². The van der Waals surface area contributed by atoms with E-state index in [1.807, 2.05) is 51.1 Å². The van der Waals surface area contributed by atoms with Crippen LogP contribution in [0, 0.1) is 0 Å². The highest BCUT2D eigenvalue weighted by Crippen LogP contribution is 2.15. The van der Waals surface area contributed by atoms with Gasteiger partial charge in [0.05, 0.1) is 17.7 Å². The van der Waals surface area contributed by atoms with Crippen LogP contribution in [0.1, 0.15) is 26.3 Å². The predicted molar refractivity (Wildman–Crippen MR) is 81.0 cm³/mol. The average Bonchev–Trinajstić information content (AvgIpc) is 2.83. The van der Waals surface area contributed by atoms with Gasteiger partial charge in [0.2, 0.25) is 0 Å². The van der Waals surface area contributed by atoms with Crippen molar-refractivity contribution in [3.8, 4) is 0 Å². The van der Waals surface area contributed by atoms with E-state index in [0.717, 1.165) is 12.1 Å². The van der Waals surface area contributed by atoms with Gasteiger partial charge in [-0.25, -0.2) is 4.79 Å². The van der Waals surface area contributed by atoms with Gasteiger partial charge in [-0.3, -0.25) is 0 Å². The molecule has 116 valence electrons. The molecule has 0 bridgehead atoms. The fourth-order valence-corrected chi connectivity index (χ4v) is 2.29. The second-order valence-corrected chi connectivity index (χ2v) is 6.24. The number of amides is 1. The van der Waals surface area contributed by atoms with Crippen molar-refractivity contribution in [1.29, 1.82) is 0 Å². The van der Waals surface area contributed by atoms with Crippen molar-refractivity contribution in [3.05, 3.63) is 35.9 Å². The minimum atomic E-state index is -0.407. The zero-order chi connectivity index (χ0) is 15.3. The second kappa shape index (κ2) is 6.91. The topological polar surface area (TPSA) is 59.6 Å². The summed E-state index contributed by atoms with van der Waals surface area (Å²) in [7, 11) is 0. The van der Waals surface area contributed by atoms with Gasteiger partial charge in [-0.15, -0.1) is 0 Å². The maximum absolute atomic E-state index is 11.9. The Morgan fingerprint density at radius 3 is 2.67 bits per heavy atom. The molecular formula is C16H24N2O3. The van der Waals surface area contributed by atoms with E-state index < -0.39 is 6.09 Å². The maximum atomic E-state index is 11.9. The van der Waals surface area contributed by atoms with Gasteiger partial charge in [-0.2, -0.15) is 0 Å². The van der Waals surface area contributed by atoms with Crippen molar-refractivity contribution in [1.82, 2.24) is 10.6 Å². The lowest BCUT2D eigenvalue weighted by Gasteiger charge is -2.28. The van der Waals surface area contributed by atoms with E-state index in [4.69, 9.17) is 9.47 Å². The molecule has 0 saturated carbocycles. The van der Waals surface area contributed by atoms with Crippen molar-refractivity contribution in [3.63, 3.8) is 0 Å². The van der Waals surface area contributed by atoms with E-state index in [0.29, 0.717) is 6.54 Å². The normalized spacial score (nSPS) is 22.0. The first-order valence-electron chi connectivity index (χ1n) is 7.30. The molecule has 1 saturated heterocycles. The predicted octanol–water partition coefficient (Wildman–Crippen LogP) is 2.07. The van der Waals surface area contributed by atoms with E-state index in [-0.39, 0.29) is 24.4 Å². The van der Waals surface area contributed by atoms with Gasteiger partial charge < -0.3 is 20.1 Å². The van der Waals surface area contributed by atoms with E-state index in [1.54, 1.807) is 0 Å². The lowest BCUT2D eigenvalue weighted by atomic mass is 10.1. The molecule has 21 heavy (non-hydrogen) atoms. The minimum absolute atomic E-state index is 0.0331. The number of carbonyl (C=O) groups is 1. The molecule has 0 radical (unpaired) electrons. The largest absolute Gasteiger partial charge is 0.445 e. The van der Waals surface area contributed by atoms with Crippen LogP contribution in [-0.4, -0.2) is 36.9 Å². The first kappa shape index (κ1) is 15.8. The van der Waals surface area contributed by atoms with E-state index in [1.165, 1.54) is 0 Å². The highest BCUT2D eigenvalue weighted by Gasteiger charge is 2.32. The fraction of sp³-hybridized carbons (Fsp3) is 0.562. The van der Waals surface area contributed by atoms with Crippen molar-refractivity contribution in [2.24, 2.45) is 0 Å². The lowest BCUT2D eigenvalue weighted by molar-refractivity contribution is -0.0598. The van der Waals surface area contributed by atoms with Crippen LogP contribution in [0.3, 0.4) is 0 Å². The molecule has 5 nitrogen and oxygen atoms in total. The first-order valence-corrected chi connectivity index (χ1v) is 7.30. The van der Waals surface area contributed by atoms with E-state index >= 15 is 0 Å². The molecule has 0 spiro atoms. The summed E-state index contributed by atoms with van der Waals surface area (Å²) in [5, 5.41) is 6.10. The molecular weight excluding hydrogens is 268 g/mol. The molecule has 1 aromatic rings. The molecule has 2 rings (SSSR count). The number of alkyl carbamates (subject to hydrolysis) is 1. The molecule has 0 aliphatic carbocycles. The summed E-state index contributed by atoms with van der Waals surface area (Å²) in [4.78, 5) is 11.9. The lowest BCUT2D eigenvalue weighted by Crippen LogP contribution is -2.46. The molecule has 0 unspecified atom stereocenters. The number of hydrogen-bond acceptors (Lipinski definition) is 4. The summed E-state index contributed by atoms with van der Waals surface area (Å²) >= 11 is 0. The Labute approximate surface area is 126 Å². The Bertz CT molecular complexity index is 456. The van der Waals surface area contributed by atoms with Crippen molar-refractivity contribution < 1.29 is 14.3 Å². The summed E-state index contributed by atoms with van der Waals surface area (Å²) in [6.45, 7) is 7.74. The van der Waals surface area contributed by atoms with Crippen LogP contribution in [0.2, 0.25) is 0 Å². The van der Waals surface area contributed by atoms with Crippen molar-refractivity contribution >= 4 is 6.09 Å². The molecule has 1 amide bonds. The number of nitrogens with one attached hydrogen (secondary N) is 2. The highest BCUT2D eigenvalue weighted by atomic mass is 16.5. The average molecular weight is 292 g/mol. The standard InChI is InChI=1S/C16H24N2O3/c1-16(2,3)21-14-10-17-9-13(14)18-15(19)20-11-12-7-5-4-6-8-12/h4-8,13-14,17H,9-11H2,1-3H3,(H,18,19)/t13-,14-/m1/s1. The van der Waals surface area contributed by atoms with Gasteiger partial charge in [0.15, 0.2) is 0 Å². The number of ether oxygens (including phenoxy) is 2. The van der Waals surface area contributed by atoms with Gasteiger partial charge in [0.1, 0.15) is 6.61 Å². The van der Waals surface area contributed by atoms with Gasteiger partial charge in [0, 0.05) is 13.1 Å². The molecule has 1 aromatic carbocycles. The summed E-state index contributed by atoms with van der Waals surface area (Å²) in [6, 6.07) is 9.57. The molecule has 5 heteroatoms. The van der Waals surface area contributed by atoms with Crippen LogP contribution in [0.4, 0.5) is 4.79 Å². The smallest absolute Gasteiger partial charge is 0.407 e. The Balaban J connectivity index is 1.79. The van der Waals surface area contributed by atoms with Crippen LogP contribution in [0.15, 0.2) is 30.3 Å².